The van der Waals surface area contributed by atoms with Gasteiger partial charge in [0, 0.05) is 13.1 Å². The minimum atomic E-state index is -0.555. The molecule has 0 aliphatic carbocycles. The first-order chi connectivity index (χ1) is 11.2. The van der Waals surface area contributed by atoms with Crippen LogP contribution in [0.25, 0.3) is 0 Å². The van der Waals surface area contributed by atoms with Crippen molar-refractivity contribution >= 4 is 11.9 Å². The molecule has 7 heteroatoms. The van der Waals surface area contributed by atoms with Crippen molar-refractivity contribution in [2.24, 2.45) is 0 Å². The zero-order chi connectivity index (χ0) is 16.5. The van der Waals surface area contributed by atoms with Gasteiger partial charge in [-0.25, -0.2) is 9.18 Å². The minimum absolute atomic E-state index is 0.0108. The highest BCUT2D eigenvalue weighted by molar-refractivity contribution is 5.94. The molecule has 2 rings (SSSR count). The molecule has 0 atom stereocenters. The lowest BCUT2D eigenvalue weighted by Gasteiger charge is -2.08. The van der Waals surface area contributed by atoms with E-state index in [1.54, 1.807) is 18.2 Å². The Kier molecular flexibility index (Phi) is 6.17. The van der Waals surface area contributed by atoms with Crippen molar-refractivity contribution < 1.29 is 18.4 Å². The van der Waals surface area contributed by atoms with E-state index in [1.807, 2.05) is 0 Å². The van der Waals surface area contributed by atoms with Gasteiger partial charge < -0.3 is 20.4 Å². The van der Waals surface area contributed by atoms with Crippen molar-refractivity contribution in [3.05, 3.63) is 59.8 Å². The predicted octanol–water partition coefficient (Wildman–Crippen LogP) is 2.04. The Bertz CT molecular complexity index is 644. The Morgan fingerprint density at radius 3 is 2.52 bits per heavy atom. The Morgan fingerprint density at radius 1 is 1.00 bits per heavy atom. The number of urea groups is 1. The summed E-state index contributed by atoms with van der Waals surface area (Å²) in [6.07, 6.45) is 2.07. The van der Waals surface area contributed by atoms with Gasteiger partial charge in [-0.15, -0.1) is 0 Å². The van der Waals surface area contributed by atoms with E-state index in [-0.39, 0.29) is 11.6 Å². The molecule has 1 aromatic heterocycles. The molecule has 0 saturated heterocycles. The minimum Gasteiger partial charge on any atom is -0.467 e. The van der Waals surface area contributed by atoms with Gasteiger partial charge >= 0.3 is 6.03 Å². The summed E-state index contributed by atoms with van der Waals surface area (Å²) in [4.78, 5) is 23.2. The highest BCUT2D eigenvalue weighted by Crippen LogP contribution is 2.05. The molecule has 6 nitrogen and oxygen atoms in total. The van der Waals surface area contributed by atoms with E-state index in [2.05, 4.69) is 16.0 Å². The lowest BCUT2D eigenvalue weighted by molar-refractivity contribution is 0.0949. The molecule has 0 fully saturated rings. The second-order valence-electron chi connectivity index (χ2n) is 4.78. The topological polar surface area (TPSA) is 83.4 Å². The van der Waals surface area contributed by atoms with Gasteiger partial charge in [-0.1, -0.05) is 12.1 Å². The quantitative estimate of drug-likeness (QED) is 0.683. The summed E-state index contributed by atoms with van der Waals surface area (Å²) in [5.41, 5.74) is 0.0108. The third-order valence-corrected chi connectivity index (χ3v) is 3.05. The number of carbonyl (C=O) groups is 2. The molecule has 0 saturated carbocycles. The van der Waals surface area contributed by atoms with Crippen LogP contribution >= 0.6 is 0 Å². The molecule has 122 valence electrons. The number of halogens is 1. The lowest BCUT2D eigenvalue weighted by atomic mass is 10.2. The van der Waals surface area contributed by atoms with Crippen LogP contribution < -0.4 is 16.0 Å². The maximum Gasteiger partial charge on any atom is 0.315 e. The van der Waals surface area contributed by atoms with Crippen molar-refractivity contribution in [1.29, 1.82) is 0 Å². The average molecular weight is 319 g/mol. The summed E-state index contributed by atoms with van der Waals surface area (Å²) in [6.45, 7) is 1.04. The van der Waals surface area contributed by atoms with Crippen LogP contribution in [0.1, 0.15) is 22.5 Å². The molecule has 1 heterocycles. The van der Waals surface area contributed by atoms with Gasteiger partial charge in [-0.3, -0.25) is 4.79 Å². The summed E-state index contributed by atoms with van der Waals surface area (Å²) in [7, 11) is 0. The molecule has 0 aliphatic rings. The highest BCUT2D eigenvalue weighted by Gasteiger charge is 2.09. The van der Waals surface area contributed by atoms with Crippen LogP contribution in [-0.4, -0.2) is 25.0 Å². The molecule has 2 aromatic rings. The highest BCUT2D eigenvalue weighted by atomic mass is 19.1. The molecule has 0 bridgehead atoms. The van der Waals surface area contributed by atoms with Crippen LogP contribution in [0.5, 0.6) is 0 Å². The van der Waals surface area contributed by atoms with E-state index >= 15 is 0 Å². The summed E-state index contributed by atoms with van der Waals surface area (Å²) >= 11 is 0. The van der Waals surface area contributed by atoms with Gasteiger partial charge in [0.1, 0.15) is 11.6 Å². The van der Waals surface area contributed by atoms with Crippen molar-refractivity contribution in [2.45, 2.75) is 13.0 Å². The van der Waals surface area contributed by atoms with Crippen LogP contribution in [0.3, 0.4) is 0 Å². The van der Waals surface area contributed by atoms with Crippen LogP contribution in [-0.2, 0) is 6.54 Å². The fourth-order valence-corrected chi connectivity index (χ4v) is 1.88. The molecular formula is C16H18FN3O3. The number of furan rings is 1. The van der Waals surface area contributed by atoms with Crippen LogP contribution in [0.2, 0.25) is 0 Å². The van der Waals surface area contributed by atoms with Crippen LogP contribution in [0.15, 0.2) is 47.1 Å². The van der Waals surface area contributed by atoms with Crippen molar-refractivity contribution in [3.8, 4) is 0 Å². The zero-order valence-electron chi connectivity index (χ0n) is 12.5. The van der Waals surface area contributed by atoms with Crippen LogP contribution in [0.4, 0.5) is 9.18 Å². The number of nitrogens with one attached hydrogen (secondary N) is 3. The van der Waals surface area contributed by atoms with Gasteiger partial charge in [0.2, 0.25) is 0 Å². The van der Waals surface area contributed by atoms with Crippen molar-refractivity contribution in [1.82, 2.24) is 16.0 Å². The number of benzene rings is 1. The smallest absolute Gasteiger partial charge is 0.315 e. The van der Waals surface area contributed by atoms with E-state index in [9.17, 15) is 14.0 Å². The maximum absolute atomic E-state index is 13.4. The SMILES string of the molecule is O=C(NCCCNC(=O)c1ccccc1F)NCc1ccco1. The normalized spacial score (nSPS) is 10.1. The number of carbonyl (C=O) groups excluding carboxylic acids is 2. The number of hydrogen-bond acceptors (Lipinski definition) is 3. The third kappa shape index (κ3) is 5.46. The summed E-state index contributed by atoms with van der Waals surface area (Å²) in [5, 5.41) is 7.89. The van der Waals surface area contributed by atoms with E-state index < -0.39 is 11.7 Å². The molecular weight excluding hydrogens is 301 g/mol. The Morgan fingerprint density at radius 2 is 1.78 bits per heavy atom. The van der Waals surface area contributed by atoms with Gasteiger partial charge in [-0.05, 0) is 30.7 Å². The molecule has 0 aliphatic heterocycles. The van der Waals surface area contributed by atoms with E-state index in [1.165, 1.54) is 24.5 Å². The molecule has 23 heavy (non-hydrogen) atoms. The van der Waals surface area contributed by atoms with Gasteiger partial charge in [0.15, 0.2) is 0 Å². The number of rotatable bonds is 7. The zero-order valence-corrected chi connectivity index (χ0v) is 12.5. The lowest BCUT2D eigenvalue weighted by Crippen LogP contribution is -2.36. The Balaban J connectivity index is 1.57. The summed E-state index contributed by atoms with van der Waals surface area (Å²) in [6, 6.07) is 8.97. The monoisotopic (exact) mass is 319 g/mol. The van der Waals surface area contributed by atoms with Gasteiger partial charge in [0.25, 0.3) is 5.91 Å². The third-order valence-electron chi connectivity index (χ3n) is 3.05. The van der Waals surface area contributed by atoms with E-state index in [0.717, 1.165) is 0 Å². The summed E-state index contributed by atoms with van der Waals surface area (Å²) in [5.74, 6) is -0.358. The Labute approximate surface area is 133 Å². The molecule has 0 radical (unpaired) electrons. The van der Waals surface area contributed by atoms with Gasteiger partial charge in [-0.2, -0.15) is 0 Å². The van der Waals surface area contributed by atoms with Crippen molar-refractivity contribution in [2.75, 3.05) is 13.1 Å². The fourth-order valence-electron chi connectivity index (χ4n) is 1.88. The van der Waals surface area contributed by atoms with Crippen LogP contribution in [0, 0.1) is 5.82 Å². The Hall–Kier alpha value is -2.83. The second-order valence-corrected chi connectivity index (χ2v) is 4.78. The first-order valence-electron chi connectivity index (χ1n) is 7.23. The molecule has 0 unspecified atom stereocenters. The van der Waals surface area contributed by atoms with E-state index in [4.69, 9.17) is 4.42 Å². The first kappa shape index (κ1) is 16.5. The first-order valence-corrected chi connectivity index (χ1v) is 7.23. The molecule has 3 N–H and O–H groups in total. The average Bonchev–Trinajstić information content (AvgIpc) is 3.06. The molecule has 3 amide bonds. The fraction of sp³-hybridized carbons (Fsp3) is 0.250. The molecule has 0 spiro atoms. The largest absolute Gasteiger partial charge is 0.467 e. The maximum atomic E-state index is 13.4. The second kappa shape index (κ2) is 8.57. The van der Waals surface area contributed by atoms with Crippen molar-refractivity contribution in [3.63, 3.8) is 0 Å². The van der Waals surface area contributed by atoms with Gasteiger partial charge in [0.05, 0.1) is 18.4 Å². The van der Waals surface area contributed by atoms with E-state index in [0.29, 0.717) is 31.8 Å². The standard InChI is InChI=1S/C16H18FN3O3/c17-14-7-2-1-6-13(14)15(21)18-8-4-9-19-16(22)20-11-12-5-3-10-23-12/h1-3,5-7,10H,4,8-9,11H2,(H,18,21)(H2,19,20,22). The predicted molar refractivity (Wildman–Crippen MR) is 82.3 cm³/mol. The number of amides is 3. The summed E-state index contributed by atoms with van der Waals surface area (Å²) < 4.78 is 18.5. The molecule has 1 aromatic carbocycles. The number of hydrogen-bond donors (Lipinski definition) is 3.